The van der Waals surface area contributed by atoms with Crippen LogP contribution >= 0.6 is 12.2 Å². The number of thiocarbonyl (C=S) groups is 1. The molecule has 0 saturated heterocycles. The predicted octanol–water partition coefficient (Wildman–Crippen LogP) is 1.68. The largest absolute Gasteiger partial charge is 0.0897 e. The summed E-state index contributed by atoms with van der Waals surface area (Å²) in [5, 5.41) is 0. The van der Waals surface area contributed by atoms with Crippen molar-refractivity contribution in [3.05, 3.63) is 13.8 Å². The minimum atomic E-state index is 0.499. The summed E-state index contributed by atoms with van der Waals surface area (Å²) in [5.41, 5.74) is 0. The average Bonchev–Trinajstić information content (AvgIpc) is 1.65. The van der Waals surface area contributed by atoms with Crippen molar-refractivity contribution in [3.63, 3.8) is 0 Å². The van der Waals surface area contributed by atoms with Crippen LogP contribution in [0.3, 0.4) is 0 Å². The van der Waals surface area contributed by atoms with Gasteiger partial charge in [0.25, 0.3) is 0 Å². The van der Waals surface area contributed by atoms with Gasteiger partial charge in [-0.05, 0) is 31.6 Å². The molecule has 0 fully saturated rings. The third-order valence-electron chi connectivity index (χ3n) is 0.507. The minimum Gasteiger partial charge on any atom is -0.0897 e. The summed E-state index contributed by atoms with van der Waals surface area (Å²) in [6.07, 6.45) is 1.19. The lowest BCUT2D eigenvalue weighted by Gasteiger charge is -1.85. The number of rotatable bonds is 2. The van der Waals surface area contributed by atoms with Crippen molar-refractivity contribution < 1.29 is 0 Å². The van der Waals surface area contributed by atoms with E-state index in [9.17, 15) is 0 Å². The maximum absolute atomic E-state index is 5.10. The van der Waals surface area contributed by atoms with Gasteiger partial charge in [-0.1, -0.05) is 12.2 Å². The Hall–Kier alpha value is 0.0900. The topological polar surface area (TPSA) is 0 Å². The first-order valence-corrected chi connectivity index (χ1v) is 2.23. The fraction of sp³-hybridized carbons (Fsp3) is 0.400. The summed E-state index contributed by atoms with van der Waals surface area (Å²) < 4.78 is 0. The molecule has 0 saturated carbocycles. The van der Waals surface area contributed by atoms with Crippen LogP contribution in [0.25, 0.3) is 0 Å². The van der Waals surface area contributed by atoms with E-state index in [-0.39, 0.29) is 0 Å². The first-order chi connectivity index (χ1) is 2.81. The molecule has 0 unspecified atom stereocenters. The van der Waals surface area contributed by atoms with E-state index in [0.29, 0.717) is 12.8 Å². The van der Waals surface area contributed by atoms with E-state index < -0.39 is 0 Å². The molecule has 0 amide bonds. The molecule has 0 heterocycles. The quantitative estimate of drug-likeness (QED) is 0.475. The molecule has 0 atom stereocenters. The van der Waals surface area contributed by atoms with Crippen LogP contribution in [0.2, 0.25) is 0 Å². The van der Waals surface area contributed by atoms with Crippen LogP contribution in [0.4, 0.5) is 0 Å². The SMILES string of the molecule is [CH]CC(=S)C[CH2]. The van der Waals surface area contributed by atoms with E-state index in [4.69, 9.17) is 6.92 Å². The summed E-state index contributed by atoms with van der Waals surface area (Å²) in [7, 11) is 0. The molecule has 6 heavy (non-hydrogen) atoms. The second-order valence-electron chi connectivity index (χ2n) is 0.993. The minimum absolute atomic E-state index is 0.499. The van der Waals surface area contributed by atoms with Crippen LogP contribution in [0, 0.1) is 13.8 Å². The molecular formula is C5H7S. The number of hydrogen-bond donors (Lipinski definition) is 0. The standard InChI is InChI=1S/C5H7S/c1-3-5(6)4-2/h1H,2-4H2. The lowest BCUT2D eigenvalue weighted by atomic mass is 10.3. The molecule has 3 radical (unpaired) electrons. The molecule has 0 aliphatic heterocycles. The lowest BCUT2D eigenvalue weighted by molar-refractivity contribution is 1.40. The van der Waals surface area contributed by atoms with Gasteiger partial charge in [-0.2, -0.15) is 0 Å². The number of hydrogen-bond acceptors (Lipinski definition) is 1. The Kier molecular flexibility index (Phi) is 3.34. The van der Waals surface area contributed by atoms with Crippen molar-refractivity contribution in [1.82, 2.24) is 0 Å². The van der Waals surface area contributed by atoms with E-state index in [1.807, 2.05) is 0 Å². The van der Waals surface area contributed by atoms with Gasteiger partial charge < -0.3 is 0 Å². The fourth-order valence-corrected chi connectivity index (χ4v) is 0.102. The highest BCUT2D eigenvalue weighted by Crippen LogP contribution is 1.87. The summed E-state index contributed by atoms with van der Waals surface area (Å²) in [6, 6.07) is 0. The Morgan fingerprint density at radius 3 is 2.33 bits per heavy atom. The highest BCUT2D eigenvalue weighted by Gasteiger charge is 1.81. The van der Waals surface area contributed by atoms with Crippen molar-refractivity contribution in [2.24, 2.45) is 0 Å². The Bertz CT molecular complexity index is 41.9. The molecule has 0 bridgehead atoms. The zero-order valence-corrected chi connectivity index (χ0v) is 4.42. The molecule has 33 valence electrons. The van der Waals surface area contributed by atoms with E-state index in [0.717, 1.165) is 4.86 Å². The van der Waals surface area contributed by atoms with Gasteiger partial charge in [-0.3, -0.25) is 0 Å². The molecule has 0 aromatic heterocycles. The van der Waals surface area contributed by atoms with Crippen LogP contribution in [0.5, 0.6) is 0 Å². The molecule has 1 heteroatoms. The normalized spacial score (nSPS) is 8.33. The van der Waals surface area contributed by atoms with Gasteiger partial charge in [-0.25, -0.2) is 0 Å². The second-order valence-corrected chi connectivity index (χ2v) is 1.57. The molecule has 0 nitrogen and oxygen atoms in total. The Balaban J connectivity index is 2.99. The molecule has 0 rings (SSSR count). The maximum atomic E-state index is 5.10. The molecule has 0 aromatic rings. The van der Waals surface area contributed by atoms with Gasteiger partial charge in [0.15, 0.2) is 0 Å². The highest BCUT2D eigenvalue weighted by molar-refractivity contribution is 7.80. The van der Waals surface area contributed by atoms with E-state index in [1.54, 1.807) is 0 Å². The zero-order valence-electron chi connectivity index (χ0n) is 3.61. The summed E-state index contributed by atoms with van der Waals surface area (Å²) >= 11 is 4.67. The Morgan fingerprint density at radius 1 is 1.83 bits per heavy atom. The molecule has 0 spiro atoms. The van der Waals surface area contributed by atoms with Gasteiger partial charge in [0.2, 0.25) is 0 Å². The summed E-state index contributed by atoms with van der Waals surface area (Å²) in [6.45, 7) is 8.64. The Labute approximate surface area is 44.6 Å². The van der Waals surface area contributed by atoms with Gasteiger partial charge in [0.05, 0.1) is 0 Å². The second kappa shape index (κ2) is 3.29. The predicted molar refractivity (Wildman–Crippen MR) is 31.5 cm³/mol. The van der Waals surface area contributed by atoms with Crippen molar-refractivity contribution in [3.8, 4) is 0 Å². The van der Waals surface area contributed by atoms with Crippen molar-refractivity contribution in [1.29, 1.82) is 0 Å². The van der Waals surface area contributed by atoms with E-state index in [1.165, 1.54) is 0 Å². The van der Waals surface area contributed by atoms with Crippen LogP contribution in [0.1, 0.15) is 12.8 Å². The smallest absolute Gasteiger partial charge is 0.00685 e. The fourth-order valence-electron chi connectivity index (χ4n) is 0.102. The zero-order chi connectivity index (χ0) is 4.99. The van der Waals surface area contributed by atoms with E-state index in [2.05, 4.69) is 19.1 Å². The molecular weight excluding hydrogens is 92.1 g/mol. The third-order valence-corrected chi connectivity index (χ3v) is 0.877. The van der Waals surface area contributed by atoms with Gasteiger partial charge in [-0.15, -0.1) is 0 Å². The highest BCUT2D eigenvalue weighted by atomic mass is 32.1. The van der Waals surface area contributed by atoms with Gasteiger partial charge >= 0.3 is 0 Å². The van der Waals surface area contributed by atoms with Crippen molar-refractivity contribution in [2.45, 2.75) is 12.8 Å². The monoisotopic (exact) mass is 99.0 g/mol. The van der Waals surface area contributed by atoms with Crippen LogP contribution in [0.15, 0.2) is 0 Å². The molecule has 0 aromatic carbocycles. The third kappa shape index (κ3) is 2.33. The Morgan fingerprint density at radius 2 is 2.33 bits per heavy atom. The van der Waals surface area contributed by atoms with Crippen LogP contribution in [-0.2, 0) is 0 Å². The molecule has 0 N–H and O–H groups in total. The average molecular weight is 99.2 g/mol. The first kappa shape index (κ1) is 6.09. The first-order valence-electron chi connectivity index (χ1n) is 1.82. The van der Waals surface area contributed by atoms with E-state index >= 15 is 0 Å². The van der Waals surface area contributed by atoms with Crippen molar-refractivity contribution >= 4 is 17.1 Å². The van der Waals surface area contributed by atoms with Crippen molar-refractivity contribution in [2.75, 3.05) is 0 Å². The molecule has 0 aliphatic carbocycles. The maximum Gasteiger partial charge on any atom is -0.00685 e. The molecule has 0 aliphatic rings. The summed E-state index contributed by atoms with van der Waals surface area (Å²) in [5.74, 6) is 0. The lowest BCUT2D eigenvalue weighted by Crippen LogP contribution is -1.84. The summed E-state index contributed by atoms with van der Waals surface area (Å²) in [4.78, 5) is 0.843. The van der Waals surface area contributed by atoms with Crippen LogP contribution in [-0.4, -0.2) is 4.86 Å². The van der Waals surface area contributed by atoms with Gasteiger partial charge in [0.1, 0.15) is 0 Å². The van der Waals surface area contributed by atoms with Crippen LogP contribution < -0.4 is 0 Å². The van der Waals surface area contributed by atoms with Gasteiger partial charge in [0, 0.05) is 0 Å².